The van der Waals surface area contributed by atoms with Crippen molar-refractivity contribution in [3.05, 3.63) is 36.0 Å². The van der Waals surface area contributed by atoms with E-state index in [4.69, 9.17) is 37.6 Å². The van der Waals surface area contributed by atoms with Gasteiger partial charge in [0.25, 0.3) is 0 Å². The van der Waals surface area contributed by atoms with Crippen molar-refractivity contribution in [2.24, 2.45) is 11.8 Å². The molecule has 0 aromatic heterocycles. The third-order valence-electron chi connectivity index (χ3n) is 11.9. The van der Waals surface area contributed by atoms with E-state index < -0.39 is 44.3 Å². The molecule has 12 atom stereocenters. The van der Waals surface area contributed by atoms with Gasteiger partial charge in [0, 0.05) is 38.6 Å². The number of allylic oxidation sites excluding steroid dienone is 2. The first-order valence-electron chi connectivity index (χ1n) is 21.2. The minimum Gasteiger partial charge on any atom is -0.457 e. The Morgan fingerprint density at radius 3 is 2.25 bits per heavy atom. The van der Waals surface area contributed by atoms with Crippen molar-refractivity contribution in [1.29, 1.82) is 0 Å². The van der Waals surface area contributed by atoms with Gasteiger partial charge in [-0.15, -0.1) is 0 Å². The molecule has 0 aromatic carbocycles. The van der Waals surface area contributed by atoms with Gasteiger partial charge in [-0.1, -0.05) is 78.8 Å². The molecule has 2 rings (SSSR count). The van der Waals surface area contributed by atoms with Crippen LogP contribution in [0.25, 0.3) is 0 Å². The lowest BCUT2D eigenvalue weighted by Gasteiger charge is -2.40. The van der Waals surface area contributed by atoms with Crippen molar-refractivity contribution < 1.29 is 47.5 Å². The number of aliphatic hydroxyl groups excluding tert-OH is 1. The van der Waals surface area contributed by atoms with Crippen LogP contribution in [0.5, 0.6) is 0 Å². The Morgan fingerprint density at radius 1 is 1.05 bits per heavy atom. The summed E-state index contributed by atoms with van der Waals surface area (Å²) in [4.78, 5) is 13.9. The number of hydrogen-bond acceptors (Lipinski definition) is 10. The summed E-state index contributed by atoms with van der Waals surface area (Å²) >= 11 is 0. The summed E-state index contributed by atoms with van der Waals surface area (Å²) in [5.41, 5.74) is -0.407. The Morgan fingerprint density at radius 2 is 1.69 bits per heavy atom. The van der Waals surface area contributed by atoms with Gasteiger partial charge in [0.05, 0.1) is 42.0 Å². The summed E-state index contributed by atoms with van der Waals surface area (Å²) in [7, 11) is -0.417. The van der Waals surface area contributed by atoms with E-state index in [1.165, 1.54) is 0 Å². The normalized spacial score (nSPS) is 30.6. The van der Waals surface area contributed by atoms with Gasteiger partial charge in [-0.05, 0) is 90.9 Å². The number of hydrogen-bond donors (Lipinski definition) is 1. The van der Waals surface area contributed by atoms with Crippen molar-refractivity contribution in [2.45, 2.75) is 207 Å². The monoisotopic (exact) mass is 797 g/mol. The molecule has 1 fully saturated rings. The van der Waals surface area contributed by atoms with Gasteiger partial charge in [0.15, 0.2) is 20.9 Å². The fourth-order valence-corrected chi connectivity index (χ4v) is 11.9. The molecule has 0 radical (unpaired) electrons. The highest BCUT2D eigenvalue weighted by atomic mass is 28.4. The molecule has 11 heteroatoms. The topological polar surface area (TPSA) is 114 Å². The molecule has 0 bridgehead atoms. The van der Waals surface area contributed by atoms with E-state index in [0.29, 0.717) is 38.0 Å². The van der Waals surface area contributed by atoms with Crippen LogP contribution in [0.3, 0.4) is 0 Å². The Balaban J connectivity index is 2.48. The van der Waals surface area contributed by atoms with Crippen LogP contribution < -0.4 is 0 Å². The van der Waals surface area contributed by atoms with Crippen molar-refractivity contribution in [1.82, 2.24) is 0 Å². The quantitative estimate of drug-likeness (QED) is 0.0284. The van der Waals surface area contributed by atoms with Crippen LogP contribution in [-0.4, -0.2) is 100 Å². The number of epoxide rings is 1. The minimum absolute atomic E-state index is 0.0378. The lowest BCUT2D eigenvalue weighted by Crippen LogP contribution is -2.47. The van der Waals surface area contributed by atoms with Gasteiger partial charge in [0.1, 0.15) is 12.2 Å². The summed E-state index contributed by atoms with van der Waals surface area (Å²) in [6.07, 6.45) is 9.87. The van der Waals surface area contributed by atoms with Gasteiger partial charge in [-0.25, -0.2) is 0 Å². The van der Waals surface area contributed by atoms with Crippen LogP contribution in [0.15, 0.2) is 36.0 Å². The zero-order valence-electron chi connectivity index (χ0n) is 37.2. The lowest BCUT2D eigenvalue weighted by molar-refractivity contribution is -0.221. The van der Waals surface area contributed by atoms with E-state index in [1.54, 1.807) is 13.2 Å². The van der Waals surface area contributed by atoms with E-state index in [0.717, 1.165) is 24.1 Å². The molecule has 0 spiro atoms. The first-order valence-corrected chi connectivity index (χ1v) is 23.6. The second-order valence-corrected chi connectivity index (χ2v) is 21.5. The number of carbonyl (C=O) groups is 1. The maximum absolute atomic E-state index is 13.9. The zero-order valence-corrected chi connectivity index (χ0v) is 38.2. The lowest BCUT2D eigenvalue weighted by atomic mass is 9.88. The number of cyclic esters (lactones) is 1. The van der Waals surface area contributed by atoms with E-state index in [2.05, 4.69) is 48.5 Å². The fourth-order valence-electron chi connectivity index (χ4n) is 8.30. The summed E-state index contributed by atoms with van der Waals surface area (Å²) in [5.74, 6) is -0.288. The molecule has 10 nitrogen and oxygen atoms in total. The number of rotatable bonds is 22. The van der Waals surface area contributed by atoms with Crippen molar-refractivity contribution in [2.75, 3.05) is 20.3 Å². The predicted octanol–water partition coefficient (Wildman–Crippen LogP) is 9.45. The fraction of sp³-hybridized carbons (Fsp3) is 0.841. The van der Waals surface area contributed by atoms with Crippen molar-refractivity contribution in [3.8, 4) is 0 Å². The summed E-state index contributed by atoms with van der Waals surface area (Å²) < 4.78 is 49.7. The first kappa shape index (κ1) is 49.7. The van der Waals surface area contributed by atoms with Gasteiger partial charge >= 0.3 is 5.97 Å². The molecular weight excluding hydrogens is 717 g/mol. The van der Waals surface area contributed by atoms with Crippen LogP contribution in [-0.2, 0) is 42.4 Å². The maximum Gasteiger partial charge on any atom is 0.308 e. The maximum atomic E-state index is 13.9. The highest BCUT2D eigenvalue weighted by molar-refractivity contribution is 6.75. The number of carbonyl (C=O) groups excluding carboxylic acids is 1. The Bertz CT molecular complexity index is 1210. The highest BCUT2D eigenvalue weighted by Gasteiger charge is 2.49. The number of aliphatic hydroxyl groups is 1. The van der Waals surface area contributed by atoms with E-state index in [9.17, 15) is 9.90 Å². The molecule has 1 N–H and O–H groups in total. The molecule has 320 valence electrons. The van der Waals surface area contributed by atoms with Crippen LogP contribution in [0.2, 0.25) is 17.6 Å². The Kier molecular flexibility index (Phi) is 21.0. The molecule has 2 heterocycles. The number of ether oxygens (including phenoxy) is 7. The third-order valence-corrected chi connectivity index (χ3v) is 17.2. The third kappa shape index (κ3) is 15.0. The van der Waals surface area contributed by atoms with E-state index in [-0.39, 0.29) is 48.6 Å². The summed E-state index contributed by atoms with van der Waals surface area (Å²) in [6, 6.07) is 1.90. The first-order chi connectivity index (χ1) is 25.9. The minimum atomic E-state index is -2.18. The van der Waals surface area contributed by atoms with Crippen LogP contribution in [0.1, 0.15) is 129 Å². The van der Waals surface area contributed by atoms with Crippen LogP contribution >= 0.6 is 0 Å². The number of esters is 1. The SMILES string of the molecule is CCOC(C)OC(C)(C=CC=C(C)C1OC(=O)CC(O[Si](CC)(CC)C(C)C)CCC(C)(OC(C)OCC)C(O)C=CC1C)CC1OC1C(C)C(CC)OC. The molecule has 2 aliphatic heterocycles. The van der Waals surface area contributed by atoms with Crippen LogP contribution in [0.4, 0.5) is 0 Å². The second kappa shape index (κ2) is 23.2. The van der Waals surface area contributed by atoms with Crippen LogP contribution in [0, 0.1) is 11.8 Å². The predicted molar refractivity (Wildman–Crippen MR) is 222 cm³/mol. The standard InChI is InChI=1S/C44H80O10Si/c1-16-37(47-15)33(10)42-38(50-42)29-43(13,52-34(11)48-17-2)26-21-22-31(8)41-32(9)23-24-39(45)44(14,53-35(12)49-18-3)27-25-36(28-40(46)51-41)54-55(19-4,20-5)30(6)7/h21-24,26,30,32-39,41-42,45H,16-20,25,27-29H2,1-15H3. The molecule has 0 aliphatic carbocycles. The summed E-state index contributed by atoms with van der Waals surface area (Å²) in [5, 5.41) is 11.7. The van der Waals surface area contributed by atoms with Gasteiger partial charge in [0.2, 0.25) is 0 Å². The van der Waals surface area contributed by atoms with Crippen molar-refractivity contribution >= 4 is 14.3 Å². The molecule has 0 saturated carbocycles. The smallest absolute Gasteiger partial charge is 0.308 e. The largest absolute Gasteiger partial charge is 0.457 e. The van der Waals surface area contributed by atoms with Gasteiger partial charge in [-0.2, -0.15) is 0 Å². The zero-order chi connectivity index (χ0) is 41.6. The highest BCUT2D eigenvalue weighted by Crippen LogP contribution is 2.40. The molecule has 12 unspecified atom stereocenters. The average Bonchev–Trinajstić information content (AvgIpc) is 3.88. The second-order valence-electron chi connectivity index (χ2n) is 16.6. The Hall–Kier alpha value is -1.41. The van der Waals surface area contributed by atoms with Gasteiger partial charge in [-0.3, -0.25) is 4.79 Å². The number of methoxy groups -OCH3 is 1. The molecule has 0 amide bonds. The Labute approximate surface area is 336 Å². The van der Waals surface area contributed by atoms with E-state index >= 15 is 0 Å². The van der Waals surface area contributed by atoms with Crippen molar-refractivity contribution in [3.63, 3.8) is 0 Å². The molecule has 2 aliphatic rings. The molecular formula is C44H80O10Si. The molecule has 55 heavy (non-hydrogen) atoms. The molecule has 1 saturated heterocycles. The van der Waals surface area contributed by atoms with Gasteiger partial charge < -0.3 is 42.7 Å². The van der Waals surface area contributed by atoms with E-state index in [1.807, 2.05) is 72.8 Å². The summed E-state index contributed by atoms with van der Waals surface area (Å²) in [6.45, 7) is 29.8. The molecule has 0 aromatic rings. The average molecular weight is 797 g/mol.